The van der Waals surface area contributed by atoms with E-state index < -0.39 is 0 Å². The predicted octanol–water partition coefficient (Wildman–Crippen LogP) is 5.65. The van der Waals surface area contributed by atoms with Gasteiger partial charge in [-0.25, -0.2) is 9.97 Å². The number of phenolic OH excluding ortho intramolecular Hbond substituents is 1. The van der Waals surface area contributed by atoms with Gasteiger partial charge in [0, 0.05) is 23.1 Å². The van der Waals surface area contributed by atoms with Gasteiger partial charge in [0.25, 0.3) is 0 Å². The normalized spacial score (nSPS) is 10.9. The lowest BCUT2D eigenvalue weighted by Gasteiger charge is -2.11. The molecule has 3 rings (SSSR count). The Morgan fingerprint density at radius 2 is 1.69 bits per heavy atom. The van der Waals surface area contributed by atoms with Gasteiger partial charge in [-0.15, -0.1) is 0 Å². The highest BCUT2D eigenvalue weighted by molar-refractivity contribution is 7.99. The minimum Gasteiger partial charge on any atom is -0.508 e. The zero-order valence-electron chi connectivity index (χ0n) is 15.2. The summed E-state index contributed by atoms with van der Waals surface area (Å²) in [6.45, 7) is 6.45. The minimum absolute atomic E-state index is 0.242. The highest BCUT2D eigenvalue weighted by Gasteiger charge is 2.09. The zero-order chi connectivity index (χ0) is 18.5. The van der Waals surface area contributed by atoms with E-state index in [1.165, 1.54) is 5.56 Å². The maximum Gasteiger partial charge on any atom is 0.190 e. The topological polar surface area (TPSA) is 58.0 Å². The van der Waals surface area contributed by atoms with Gasteiger partial charge < -0.3 is 10.4 Å². The van der Waals surface area contributed by atoms with E-state index in [4.69, 9.17) is 4.98 Å². The van der Waals surface area contributed by atoms with E-state index in [2.05, 4.69) is 55.3 Å². The molecule has 26 heavy (non-hydrogen) atoms. The van der Waals surface area contributed by atoms with Crippen LogP contribution in [0.15, 0.2) is 59.8 Å². The third-order valence-electron chi connectivity index (χ3n) is 3.74. The first kappa shape index (κ1) is 18.3. The lowest BCUT2D eigenvalue weighted by atomic mass is 10.1. The Hall–Kier alpha value is -2.53. The van der Waals surface area contributed by atoms with Crippen LogP contribution in [0.25, 0.3) is 11.3 Å². The summed E-state index contributed by atoms with van der Waals surface area (Å²) in [5.74, 6) is 2.52. The fourth-order valence-corrected chi connectivity index (χ4v) is 3.17. The molecule has 1 heterocycles. The summed E-state index contributed by atoms with van der Waals surface area (Å²) >= 11 is 1.67. The van der Waals surface area contributed by atoms with Crippen molar-refractivity contribution in [2.24, 2.45) is 5.92 Å². The van der Waals surface area contributed by atoms with Crippen molar-refractivity contribution in [3.8, 4) is 17.0 Å². The van der Waals surface area contributed by atoms with Crippen LogP contribution in [0.5, 0.6) is 5.75 Å². The lowest BCUT2D eigenvalue weighted by molar-refractivity contribution is 0.475. The van der Waals surface area contributed by atoms with Crippen molar-refractivity contribution < 1.29 is 5.11 Å². The molecule has 5 heteroatoms. The molecule has 0 saturated carbocycles. The number of benzene rings is 2. The van der Waals surface area contributed by atoms with Crippen LogP contribution in [-0.2, 0) is 0 Å². The van der Waals surface area contributed by atoms with Crippen molar-refractivity contribution in [2.75, 3.05) is 11.1 Å². The van der Waals surface area contributed by atoms with E-state index in [1.54, 1.807) is 23.9 Å². The molecule has 0 saturated heterocycles. The van der Waals surface area contributed by atoms with Gasteiger partial charge in [-0.3, -0.25) is 0 Å². The maximum atomic E-state index is 9.45. The van der Waals surface area contributed by atoms with Crippen LogP contribution in [-0.4, -0.2) is 20.8 Å². The van der Waals surface area contributed by atoms with Crippen LogP contribution in [0.3, 0.4) is 0 Å². The van der Waals surface area contributed by atoms with Crippen molar-refractivity contribution in [1.82, 2.24) is 9.97 Å². The van der Waals surface area contributed by atoms with E-state index in [-0.39, 0.29) is 5.75 Å². The van der Waals surface area contributed by atoms with Gasteiger partial charge in [-0.2, -0.15) is 0 Å². The summed E-state index contributed by atoms with van der Waals surface area (Å²) in [5.41, 5.74) is 4.06. The maximum absolute atomic E-state index is 9.45. The van der Waals surface area contributed by atoms with E-state index in [9.17, 15) is 5.11 Å². The number of hydrogen-bond acceptors (Lipinski definition) is 5. The molecule has 4 nitrogen and oxygen atoms in total. The summed E-state index contributed by atoms with van der Waals surface area (Å²) in [5, 5.41) is 13.5. The van der Waals surface area contributed by atoms with Crippen molar-refractivity contribution in [3.05, 3.63) is 60.2 Å². The smallest absolute Gasteiger partial charge is 0.190 e. The molecule has 0 aliphatic carbocycles. The Bertz CT molecular complexity index is 861. The molecule has 1 aromatic heterocycles. The highest BCUT2D eigenvalue weighted by Crippen LogP contribution is 2.27. The minimum atomic E-state index is 0.242. The van der Waals surface area contributed by atoms with Gasteiger partial charge in [0.1, 0.15) is 11.6 Å². The molecular weight excluding hydrogens is 342 g/mol. The quantitative estimate of drug-likeness (QED) is 0.336. The largest absolute Gasteiger partial charge is 0.508 e. The zero-order valence-corrected chi connectivity index (χ0v) is 16.0. The number of aromatic nitrogens is 2. The van der Waals surface area contributed by atoms with Crippen LogP contribution in [0.1, 0.15) is 19.4 Å². The van der Waals surface area contributed by atoms with Crippen LogP contribution in [0.4, 0.5) is 11.5 Å². The monoisotopic (exact) mass is 365 g/mol. The van der Waals surface area contributed by atoms with Gasteiger partial charge in [0.15, 0.2) is 5.16 Å². The fourth-order valence-electron chi connectivity index (χ4n) is 2.36. The molecule has 0 amide bonds. The molecule has 134 valence electrons. The molecule has 0 radical (unpaired) electrons. The highest BCUT2D eigenvalue weighted by atomic mass is 32.2. The summed E-state index contributed by atoms with van der Waals surface area (Å²) in [6, 6.07) is 17.2. The van der Waals surface area contributed by atoms with Gasteiger partial charge in [-0.05, 0) is 37.1 Å². The number of hydrogen-bond donors (Lipinski definition) is 2. The van der Waals surface area contributed by atoms with Crippen LogP contribution in [0.2, 0.25) is 0 Å². The first-order valence-corrected chi connectivity index (χ1v) is 9.63. The van der Waals surface area contributed by atoms with E-state index in [0.29, 0.717) is 5.92 Å². The van der Waals surface area contributed by atoms with Crippen LogP contribution < -0.4 is 5.32 Å². The van der Waals surface area contributed by atoms with E-state index in [1.807, 2.05) is 18.2 Å². The van der Waals surface area contributed by atoms with Gasteiger partial charge in [0.2, 0.25) is 0 Å². The standard InChI is InChI=1S/C21H23N3OS/c1-14(2)13-26-21-23-19(16-6-4-15(3)5-7-16)12-20(24-21)22-17-8-10-18(25)11-9-17/h4-12,14,25H,13H2,1-3H3,(H,22,23,24). The molecule has 0 spiro atoms. The van der Waals surface area contributed by atoms with Crippen molar-refractivity contribution in [3.63, 3.8) is 0 Å². The van der Waals surface area contributed by atoms with Gasteiger partial charge >= 0.3 is 0 Å². The molecule has 0 unspecified atom stereocenters. The number of nitrogens with one attached hydrogen (secondary N) is 1. The molecule has 0 fully saturated rings. The Morgan fingerprint density at radius 3 is 2.35 bits per heavy atom. The molecular formula is C21H23N3OS. The Morgan fingerprint density at radius 1 is 1.00 bits per heavy atom. The Labute approximate surface area is 158 Å². The average Bonchev–Trinajstić information content (AvgIpc) is 2.62. The predicted molar refractivity (Wildman–Crippen MR) is 109 cm³/mol. The summed E-state index contributed by atoms with van der Waals surface area (Å²) in [7, 11) is 0. The van der Waals surface area contributed by atoms with Gasteiger partial charge in [-0.1, -0.05) is 55.4 Å². The number of aryl methyl sites for hydroxylation is 1. The molecule has 0 atom stereocenters. The van der Waals surface area contributed by atoms with Crippen molar-refractivity contribution >= 4 is 23.3 Å². The molecule has 0 aliphatic rings. The number of phenols is 1. The van der Waals surface area contributed by atoms with Crippen LogP contribution in [0, 0.1) is 12.8 Å². The molecule has 2 N–H and O–H groups in total. The number of aromatic hydroxyl groups is 1. The van der Waals surface area contributed by atoms with Crippen LogP contribution >= 0.6 is 11.8 Å². The second-order valence-electron chi connectivity index (χ2n) is 6.66. The second kappa shape index (κ2) is 8.23. The average molecular weight is 366 g/mol. The first-order chi connectivity index (χ1) is 12.5. The summed E-state index contributed by atoms with van der Waals surface area (Å²) in [4.78, 5) is 9.38. The van der Waals surface area contributed by atoms with E-state index >= 15 is 0 Å². The molecule has 0 aliphatic heterocycles. The first-order valence-electron chi connectivity index (χ1n) is 8.64. The number of rotatable bonds is 6. The SMILES string of the molecule is Cc1ccc(-c2cc(Nc3ccc(O)cc3)nc(SCC(C)C)n2)cc1. The van der Waals surface area contributed by atoms with Crippen molar-refractivity contribution in [1.29, 1.82) is 0 Å². The number of thioether (sulfide) groups is 1. The third kappa shape index (κ3) is 4.99. The van der Waals surface area contributed by atoms with E-state index in [0.717, 1.165) is 33.7 Å². The van der Waals surface area contributed by atoms with Gasteiger partial charge in [0.05, 0.1) is 5.69 Å². The number of anilines is 2. The molecule has 3 aromatic rings. The fraction of sp³-hybridized carbons (Fsp3) is 0.238. The third-order valence-corrected chi connectivity index (χ3v) is 5.01. The summed E-state index contributed by atoms with van der Waals surface area (Å²) < 4.78 is 0. The Balaban J connectivity index is 1.93. The number of nitrogens with zero attached hydrogens (tertiary/aromatic N) is 2. The molecule has 0 bridgehead atoms. The molecule has 2 aromatic carbocycles. The Kier molecular flexibility index (Phi) is 5.78. The lowest BCUT2D eigenvalue weighted by Crippen LogP contribution is -2.00. The summed E-state index contributed by atoms with van der Waals surface area (Å²) in [6.07, 6.45) is 0. The second-order valence-corrected chi connectivity index (χ2v) is 7.65. The van der Waals surface area contributed by atoms with Crippen molar-refractivity contribution in [2.45, 2.75) is 25.9 Å².